The van der Waals surface area contributed by atoms with Crippen LogP contribution in [0.2, 0.25) is 0 Å². The molecule has 0 amide bonds. The predicted molar refractivity (Wildman–Crippen MR) is 90.2 cm³/mol. The Bertz CT molecular complexity index is 1040. The molecule has 23 heavy (non-hydrogen) atoms. The second-order valence-corrected chi connectivity index (χ2v) is 8.57. The van der Waals surface area contributed by atoms with Gasteiger partial charge in [-0.2, -0.15) is 5.26 Å². The smallest absolute Gasteiger partial charge is 0.275 e. The van der Waals surface area contributed by atoms with Crippen LogP contribution in [0.15, 0.2) is 28.7 Å². The van der Waals surface area contributed by atoms with Crippen LogP contribution in [0.5, 0.6) is 0 Å². The molecule has 0 saturated heterocycles. The summed E-state index contributed by atoms with van der Waals surface area (Å²) in [5, 5.41) is 10.6. The van der Waals surface area contributed by atoms with Crippen LogP contribution >= 0.6 is 11.3 Å². The number of aromatic amines is 1. The topological polar surface area (TPSA) is 89.8 Å². The third kappa shape index (κ3) is 2.38. The first-order chi connectivity index (χ1) is 10.9. The Morgan fingerprint density at radius 3 is 2.70 bits per heavy atom. The normalized spacial score (nSPS) is 11.6. The van der Waals surface area contributed by atoms with Crippen LogP contribution in [-0.4, -0.2) is 25.4 Å². The van der Waals surface area contributed by atoms with Crippen LogP contribution in [0.3, 0.4) is 0 Å². The van der Waals surface area contributed by atoms with E-state index in [2.05, 4.69) is 16.0 Å². The van der Waals surface area contributed by atoms with Gasteiger partial charge < -0.3 is 4.98 Å². The molecule has 118 valence electrons. The van der Waals surface area contributed by atoms with Crippen molar-refractivity contribution in [3.05, 3.63) is 40.7 Å². The van der Waals surface area contributed by atoms with E-state index in [1.165, 1.54) is 17.5 Å². The number of rotatable bonds is 3. The number of sulfonamides is 1. The fourth-order valence-electron chi connectivity index (χ4n) is 2.48. The van der Waals surface area contributed by atoms with Crippen molar-refractivity contribution in [3.8, 4) is 6.07 Å². The summed E-state index contributed by atoms with van der Waals surface area (Å²) in [5.74, 6) is 0. The molecule has 0 saturated carbocycles. The average molecular weight is 346 g/mol. The molecule has 0 spiro atoms. The second-order valence-electron chi connectivity index (χ2n) is 5.14. The van der Waals surface area contributed by atoms with Gasteiger partial charge in [-0.05, 0) is 25.5 Å². The first-order valence-corrected chi connectivity index (χ1v) is 9.04. The lowest BCUT2D eigenvalue weighted by Gasteiger charge is -2.19. The summed E-state index contributed by atoms with van der Waals surface area (Å²) >= 11 is 1.13. The Morgan fingerprint density at radius 2 is 2.09 bits per heavy atom. The Morgan fingerprint density at radius 1 is 1.35 bits per heavy atom. The fourth-order valence-corrected chi connectivity index (χ4v) is 4.97. The highest BCUT2D eigenvalue weighted by molar-refractivity contribution is 7.94. The number of aryl methyl sites for hydroxylation is 2. The van der Waals surface area contributed by atoms with E-state index in [-0.39, 0.29) is 4.21 Å². The molecule has 1 aromatic carbocycles. The van der Waals surface area contributed by atoms with Gasteiger partial charge in [0.15, 0.2) is 4.21 Å². The minimum Gasteiger partial charge on any atom is -0.358 e. The minimum absolute atomic E-state index is 0.193. The molecule has 0 fully saturated rings. The van der Waals surface area contributed by atoms with Crippen LogP contribution in [0.25, 0.3) is 10.9 Å². The molecule has 0 atom stereocenters. The lowest BCUT2D eigenvalue weighted by molar-refractivity contribution is 0.596. The summed E-state index contributed by atoms with van der Waals surface area (Å²) in [6.45, 7) is 3.65. The number of aromatic nitrogens is 2. The zero-order valence-electron chi connectivity index (χ0n) is 12.8. The lowest BCUT2D eigenvalue weighted by Crippen LogP contribution is -2.26. The van der Waals surface area contributed by atoms with Gasteiger partial charge in [-0.25, -0.2) is 13.4 Å². The van der Waals surface area contributed by atoms with Gasteiger partial charge in [-0.15, -0.1) is 11.3 Å². The molecule has 1 N–H and O–H groups in total. The van der Waals surface area contributed by atoms with Crippen LogP contribution in [0.1, 0.15) is 16.1 Å². The monoisotopic (exact) mass is 346 g/mol. The third-order valence-corrected chi connectivity index (χ3v) is 6.82. The number of benzene rings is 1. The second kappa shape index (κ2) is 5.37. The van der Waals surface area contributed by atoms with Crippen molar-refractivity contribution in [1.29, 1.82) is 5.26 Å². The molecule has 0 aliphatic rings. The highest BCUT2D eigenvalue weighted by atomic mass is 32.2. The maximum Gasteiger partial charge on any atom is 0.275 e. The van der Waals surface area contributed by atoms with Crippen molar-refractivity contribution in [2.75, 3.05) is 11.4 Å². The molecule has 0 bridgehead atoms. The molecule has 3 rings (SSSR count). The van der Waals surface area contributed by atoms with Crippen molar-refractivity contribution in [2.45, 2.75) is 18.1 Å². The standard InChI is InChI=1S/C15H14N4O2S2/c1-9-4-5-12(15-14(9)11(6-16)7-18-15)19(3)23(20,21)13-8-17-10(2)22-13/h4-5,7-8,18H,1-3H3. The van der Waals surface area contributed by atoms with E-state index >= 15 is 0 Å². The average Bonchev–Trinajstić information content (AvgIpc) is 3.14. The van der Waals surface area contributed by atoms with Crippen molar-refractivity contribution in [3.63, 3.8) is 0 Å². The van der Waals surface area contributed by atoms with Crippen LogP contribution in [-0.2, 0) is 10.0 Å². The highest BCUT2D eigenvalue weighted by Crippen LogP contribution is 2.33. The van der Waals surface area contributed by atoms with Gasteiger partial charge in [0.25, 0.3) is 10.0 Å². The van der Waals surface area contributed by atoms with E-state index in [0.29, 0.717) is 21.8 Å². The maximum atomic E-state index is 12.8. The number of anilines is 1. The van der Waals surface area contributed by atoms with Crippen LogP contribution < -0.4 is 4.31 Å². The molecule has 0 unspecified atom stereocenters. The zero-order valence-corrected chi connectivity index (χ0v) is 14.4. The Kier molecular flexibility index (Phi) is 3.62. The first kappa shape index (κ1) is 15.5. The zero-order chi connectivity index (χ0) is 16.8. The molecule has 0 radical (unpaired) electrons. The molecule has 2 aromatic heterocycles. The summed E-state index contributed by atoms with van der Waals surface area (Å²) < 4.78 is 27.0. The van der Waals surface area contributed by atoms with Gasteiger partial charge in [0, 0.05) is 18.6 Å². The van der Waals surface area contributed by atoms with Gasteiger partial charge in [0.05, 0.1) is 28.0 Å². The summed E-state index contributed by atoms with van der Waals surface area (Å²) in [4.78, 5) is 7.03. The lowest BCUT2D eigenvalue weighted by atomic mass is 10.1. The van der Waals surface area contributed by atoms with Gasteiger partial charge >= 0.3 is 0 Å². The van der Waals surface area contributed by atoms with Crippen molar-refractivity contribution in [2.24, 2.45) is 0 Å². The molecular formula is C15H14N4O2S2. The third-order valence-electron chi connectivity index (χ3n) is 3.70. The molecular weight excluding hydrogens is 332 g/mol. The summed E-state index contributed by atoms with van der Waals surface area (Å²) in [6.07, 6.45) is 2.96. The molecule has 8 heteroatoms. The van der Waals surface area contributed by atoms with Crippen molar-refractivity contribution >= 4 is 38.0 Å². The fraction of sp³-hybridized carbons (Fsp3) is 0.200. The number of hydrogen-bond donors (Lipinski definition) is 1. The van der Waals surface area contributed by atoms with E-state index in [1.807, 2.05) is 13.0 Å². The Balaban J connectivity index is 2.19. The number of hydrogen-bond acceptors (Lipinski definition) is 5. The van der Waals surface area contributed by atoms with E-state index in [9.17, 15) is 13.7 Å². The SMILES string of the molecule is Cc1ncc(S(=O)(=O)N(C)c2ccc(C)c3c(C#N)c[nH]c23)s1. The quantitative estimate of drug-likeness (QED) is 0.789. The maximum absolute atomic E-state index is 12.8. The van der Waals surface area contributed by atoms with E-state index in [4.69, 9.17) is 0 Å². The molecule has 6 nitrogen and oxygen atoms in total. The molecule has 3 aromatic rings. The number of H-pyrrole nitrogens is 1. The summed E-state index contributed by atoms with van der Waals surface area (Å²) in [5.41, 5.74) is 2.55. The van der Waals surface area contributed by atoms with Gasteiger partial charge in [-0.3, -0.25) is 4.31 Å². The van der Waals surface area contributed by atoms with Crippen LogP contribution in [0.4, 0.5) is 5.69 Å². The Labute approximate surface area is 138 Å². The van der Waals surface area contributed by atoms with E-state index < -0.39 is 10.0 Å². The Hall–Kier alpha value is -2.37. The molecule has 0 aliphatic heterocycles. The highest BCUT2D eigenvalue weighted by Gasteiger charge is 2.26. The number of nitriles is 1. The van der Waals surface area contributed by atoms with Gasteiger partial charge in [0.1, 0.15) is 6.07 Å². The van der Waals surface area contributed by atoms with Gasteiger partial charge in [-0.1, -0.05) is 6.07 Å². The largest absolute Gasteiger partial charge is 0.358 e. The summed E-state index contributed by atoms with van der Waals surface area (Å²) in [7, 11) is -2.19. The summed E-state index contributed by atoms with van der Waals surface area (Å²) in [6, 6.07) is 5.68. The number of fused-ring (bicyclic) bond motifs is 1. The minimum atomic E-state index is -3.69. The van der Waals surface area contributed by atoms with E-state index in [1.54, 1.807) is 19.2 Å². The predicted octanol–water partition coefficient (Wildman–Crippen LogP) is 2.94. The molecule has 2 heterocycles. The van der Waals surface area contributed by atoms with Crippen molar-refractivity contribution in [1.82, 2.24) is 9.97 Å². The number of nitrogens with zero attached hydrogens (tertiary/aromatic N) is 3. The van der Waals surface area contributed by atoms with Gasteiger partial charge in [0.2, 0.25) is 0 Å². The molecule has 0 aliphatic carbocycles. The van der Waals surface area contributed by atoms with E-state index in [0.717, 1.165) is 22.3 Å². The number of thiazole rings is 1. The first-order valence-electron chi connectivity index (χ1n) is 6.78. The number of nitrogens with one attached hydrogen (secondary N) is 1. The van der Waals surface area contributed by atoms with Crippen LogP contribution in [0, 0.1) is 25.2 Å². The van der Waals surface area contributed by atoms with Crippen molar-refractivity contribution < 1.29 is 8.42 Å².